The van der Waals surface area contributed by atoms with Crippen LogP contribution in [-0.2, 0) is 4.84 Å². The predicted molar refractivity (Wildman–Crippen MR) is 225 cm³/mol. The van der Waals surface area contributed by atoms with Gasteiger partial charge in [-0.05, 0) is 82.2 Å². The highest BCUT2D eigenvalue weighted by atomic mass is 19.1. The van der Waals surface area contributed by atoms with Crippen molar-refractivity contribution < 1.29 is 33.1 Å². The first-order chi connectivity index (χ1) is 29.8. The van der Waals surface area contributed by atoms with Gasteiger partial charge in [0.2, 0.25) is 0 Å². The summed E-state index contributed by atoms with van der Waals surface area (Å²) in [6, 6.07) is 2.65. The number of benzene rings is 2. The number of likely N-dealkylation sites (N-methyl/N-ethyl adjacent to an activating group) is 1. The lowest BCUT2D eigenvalue weighted by Crippen LogP contribution is -2.49. The van der Waals surface area contributed by atoms with Gasteiger partial charge >= 0.3 is 0 Å². The number of rotatable bonds is 12. The summed E-state index contributed by atoms with van der Waals surface area (Å²) in [4.78, 5) is 39.2. The van der Waals surface area contributed by atoms with Crippen LogP contribution in [-0.4, -0.2) is 112 Å². The number of hydroxylamine groups is 1. The van der Waals surface area contributed by atoms with Crippen LogP contribution >= 0.6 is 0 Å². The van der Waals surface area contributed by atoms with Gasteiger partial charge < -0.3 is 49.0 Å². The Bertz CT molecular complexity index is 2320. The lowest BCUT2D eigenvalue weighted by Gasteiger charge is -2.43. The van der Waals surface area contributed by atoms with E-state index in [4.69, 9.17) is 19.5 Å². The average molecular weight is 844 g/mol. The predicted octanol–water partition coefficient (Wildman–Crippen LogP) is 5.36. The van der Waals surface area contributed by atoms with Gasteiger partial charge in [0.05, 0.1) is 37.0 Å². The Labute approximate surface area is 353 Å². The normalized spacial score (nSPS) is 28.0. The number of nitrogens with one attached hydrogen (secondary N) is 2. The van der Waals surface area contributed by atoms with E-state index < -0.39 is 23.8 Å². The van der Waals surface area contributed by atoms with Gasteiger partial charge in [0.1, 0.15) is 29.4 Å². The van der Waals surface area contributed by atoms with E-state index in [9.17, 15) is 14.9 Å². The zero-order valence-electron chi connectivity index (χ0n) is 35.0. The highest BCUT2D eigenvalue weighted by Crippen LogP contribution is 2.52. The number of nitrogens with zero attached hydrogens (tertiary/aromatic N) is 7. The number of hydrogen-bond acceptors (Lipinski definition) is 14. The summed E-state index contributed by atoms with van der Waals surface area (Å²) in [6.45, 7) is 3.85. The minimum absolute atomic E-state index is 0.0253. The molecular weight excluding hydrogens is 789 g/mol. The quantitative estimate of drug-likeness (QED) is 0.123. The molecule has 61 heavy (non-hydrogen) atoms. The van der Waals surface area contributed by atoms with Crippen LogP contribution in [0.3, 0.4) is 0 Å². The molecule has 0 radical (unpaired) electrons. The van der Waals surface area contributed by atoms with Crippen LogP contribution in [0.4, 0.5) is 25.8 Å². The summed E-state index contributed by atoms with van der Waals surface area (Å²) >= 11 is 0. The Morgan fingerprint density at radius 2 is 1.70 bits per heavy atom. The van der Waals surface area contributed by atoms with E-state index in [-0.39, 0.29) is 35.9 Å². The summed E-state index contributed by atoms with van der Waals surface area (Å²) in [5, 5.41) is 22.4. The van der Waals surface area contributed by atoms with Gasteiger partial charge in [-0.25, -0.2) is 8.78 Å². The number of methoxy groups -OCH3 is 2. The van der Waals surface area contributed by atoms with E-state index in [1.165, 1.54) is 19.2 Å². The summed E-state index contributed by atoms with van der Waals surface area (Å²) in [6.07, 6.45) is 11.6. The van der Waals surface area contributed by atoms with Gasteiger partial charge in [0.15, 0.2) is 29.4 Å². The molecule has 10 rings (SSSR count). The van der Waals surface area contributed by atoms with Crippen molar-refractivity contribution in [1.82, 2.24) is 20.3 Å². The Morgan fingerprint density at radius 3 is 2.39 bits per heavy atom. The summed E-state index contributed by atoms with van der Waals surface area (Å²) < 4.78 is 47.6. The second kappa shape index (κ2) is 16.1. The first kappa shape index (κ1) is 40.2. The fourth-order valence-corrected chi connectivity index (χ4v) is 11.2. The number of pyridine rings is 1. The second-order valence-electron chi connectivity index (χ2n) is 18.1. The smallest absolute Gasteiger partial charge is 0.169 e. The Morgan fingerprint density at radius 1 is 0.934 bits per heavy atom. The fourth-order valence-electron chi connectivity index (χ4n) is 11.2. The molecule has 7 aliphatic rings. The van der Waals surface area contributed by atoms with E-state index >= 15 is 8.78 Å². The van der Waals surface area contributed by atoms with Crippen LogP contribution in [0.15, 0.2) is 40.4 Å². The van der Waals surface area contributed by atoms with Crippen LogP contribution in [0.5, 0.6) is 11.5 Å². The van der Waals surface area contributed by atoms with Gasteiger partial charge in [-0.1, -0.05) is 10.3 Å². The zero-order chi connectivity index (χ0) is 42.1. The van der Waals surface area contributed by atoms with Crippen LogP contribution in [0.1, 0.15) is 79.4 Å². The van der Waals surface area contributed by atoms with Gasteiger partial charge in [-0.3, -0.25) is 4.79 Å². The maximum absolute atomic E-state index is 16.7. The van der Waals surface area contributed by atoms with Gasteiger partial charge in [0.25, 0.3) is 0 Å². The third-order valence-corrected chi connectivity index (χ3v) is 14.7. The van der Waals surface area contributed by atoms with Gasteiger partial charge in [-0.2, -0.15) is 10.4 Å². The number of halogens is 2. The van der Waals surface area contributed by atoms with Crippen LogP contribution in [0.2, 0.25) is 0 Å². The molecule has 326 valence electrons. The number of anilines is 3. The average Bonchev–Trinajstić information content (AvgIpc) is 3.84. The standard InChI is InChI=1S/C44H55F2N9O6/c1-51-13-11-36(31-20-53(22-35(31)51)42-32(45)14-29-37(49-58)25(16-48-57)18-54(27-7-4-8-27)39(29)43(42)59-2)61-50-38-26(23-56)19-55(28-9-10-28)40-30(38)15-33(46)41(44(40)60-3)52-17-24-6-5-12-47-34(24)21-52/h14-15,18-19,23-24,27-28,31,34-37,47,49,58H,4-13,16-17,20-22H2,1-3H3. The molecule has 0 spiro atoms. The van der Waals surface area contributed by atoms with Gasteiger partial charge in [0, 0.05) is 92.6 Å². The number of fused-ring (bicyclic) bond motifs is 4. The van der Waals surface area contributed by atoms with E-state index in [2.05, 4.69) is 42.3 Å². The molecule has 6 atom stereocenters. The minimum Gasteiger partial charge on any atom is -0.492 e. The number of aldehydes is 1. The summed E-state index contributed by atoms with van der Waals surface area (Å²) in [7, 11) is 5.17. The van der Waals surface area contributed by atoms with Crippen molar-refractivity contribution in [1.29, 1.82) is 0 Å². The lowest BCUT2D eigenvalue weighted by atomic mass is 9.86. The molecule has 6 unspecified atom stereocenters. The van der Waals surface area contributed by atoms with E-state index in [1.54, 1.807) is 7.11 Å². The molecule has 4 saturated heterocycles. The molecule has 17 heteroatoms. The minimum atomic E-state index is -0.834. The Kier molecular flexibility index (Phi) is 10.6. The molecule has 0 amide bonds. The van der Waals surface area contributed by atoms with E-state index in [0.29, 0.717) is 101 Å². The maximum atomic E-state index is 16.7. The van der Waals surface area contributed by atoms with Crippen molar-refractivity contribution in [2.75, 3.05) is 81.8 Å². The number of likely N-dealkylation sites (tertiary alicyclic amines) is 1. The molecular formula is C44H55F2N9O6. The van der Waals surface area contributed by atoms with Crippen molar-refractivity contribution in [3.8, 4) is 11.5 Å². The molecule has 2 aromatic carbocycles. The molecule has 0 bridgehead atoms. The second-order valence-corrected chi connectivity index (χ2v) is 18.1. The number of ether oxygens (including phenoxy) is 2. The number of carbonyl (C=O) groups excluding carboxylic acids is 1. The monoisotopic (exact) mass is 843 g/mol. The topological polar surface area (TPSA) is 149 Å². The molecule has 5 aliphatic heterocycles. The lowest BCUT2D eigenvalue weighted by molar-refractivity contribution is -0.0411. The van der Waals surface area contributed by atoms with Crippen LogP contribution in [0.25, 0.3) is 10.9 Å². The van der Waals surface area contributed by atoms with Crippen molar-refractivity contribution in [3.63, 3.8) is 0 Å². The van der Waals surface area contributed by atoms with E-state index in [1.807, 2.05) is 17.3 Å². The number of nitroso groups, excluding NO2 is 1. The van der Waals surface area contributed by atoms with Crippen molar-refractivity contribution in [3.05, 3.63) is 63.1 Å². The summed E-state index contributed by atoms with van der Waals surface area (Å²) in [5.41, 5.74) is 5.71. The highest BCUT2D eigenvalue weighted by molar-refractivity contribution is 5.94. The molecule has 2 saturated carbocycles. The fraction of sp³-hybridized carbons (Fsp3) is 0.591. The number of piperidine rings is 2. The molecule has 1 aromatic heterocycles. The third kappa shape index (κ3) is 6.73. The van der Waals surface area contributed by atoms with Crippen LogP contribution < -0.4 is 40.3 Å². The molecule has 6 fully saturated rings. The SMILES string of the molecule is COc1c(N2CC3C(ON=c4c(C=O)cn(C5CC5)c5c(OC)c(N6CC7CCCNC7C6)c(F)cc45)CCN(C)C3C2)c(F)cc2c1N(C1CCC1)C=C(CN=O)C2NO. The Hall–Kier alpha value is -4.84. The van der Waals surface area contributed by atoms with Crippen molar-refractivity contribution in [2.45, 2.75) is 87.7 Å². The van der Waals surface area contributed by atoms with Gasteiger partial charge in [-0.15, -0.1) is 0 Å². The first-order valence-corrected chi connectivity index (χ1v) is 21.9. The number of hydrogen-bond donors (Lipinski definition) is 3. The molecule has 6 heterocycles. The maximum Gasteiger partial charge on any atom is 0.169 e. The van der Waals surface area contributed by atoms with E-state index in [0.717, 1.165) is 64.3 Å². The number of carbonyl (C=O) groups is 1. The molecule has 3 N–H and O–H groups in total. The third-order valence-electron chi connectivity index (χ3n) is 14.7. The zero-order valence-corrected chi connectivity index (χ0v) is 35.0. The Balaban J connectivity index is 1.01. The first-order valence-electron chi connectivity index (χ1n) is 21.9. The largest absolute Gasteiger partial charge is 0.492 e. The molecule has 2 aliphatic carbocycles. The van der Waals surface area contributed by atoms with Crippen molar-refractivity contribution in [2.24, 2.45) is 22.2 Å². The molecule has 3 aromatic rings. The highest BCUT2D eigenvalue weighted by Gasteiger charge is 2.47. The number of aromatic nitrogens is 1. The van der Waals surface area contributed by atoms with Crippen LogP contribution in [0, 0.1) is 28.4 Å². The van der Waals surface area contributed by atoms with Crippen molar-refractivity contribution >= 4 is 34.3 Å². The summed E-state index contributed by atoms with van der Waals surface area (Å²) in [5.74, 6) is 0.174. The molecule has 15 nitrogen and oxygen atoms in total.